The van der Waals surface area contributed by atoms with E-state index in [9.17, 15) is 4.79 Å². The number of nitrogens with zero attached hydrogens (tertiary/aromatic N) is 3. The number of nitrogens with one attached hydrogen (secondary N) is 1. The minimum Gasteiger partial charge on any atom is -0.334 e. The Balaban J connectivity index is 1.25. The Morgan fingerprint density at radius 3 is 2.28 bits per heavy atom. The fourth-order valence-corrected chi connectivity index (χ4v) is 4.44. The standard InChI is InChI=1S/C18H21ClN4OS/c19-15-5-1-12(2-6-15)11-20-18(24)23-9-7-14(8-10-23)17-22-21-16(25-17)13-3-4-13/h1-2,5-6,13-14H,3-4,7-11H2,(H,20,24). The van der Waals surface area contributed by atoms with Crippen LogP contribution in [-0.2, 0) is 6.54 Å². The molecule has 1 saturated carbocycles. The van der Waals surface area contributed by atoms with E-state index in [0.29, 0.717) is 23.4 Å². The SMILES string of the molecule is O=C(NCc1ccc(Cl)cc1)N1CCC(c2nnc(C3CC3)s2)CC1. The quantitative estimate of drug-likeness (QED) is 0.871. The Bertz CT molecular complexity index is 736. The number of urea groups is 1. The number of benzene rings is 1. The lowest BCUT2D eigenvalue weighted by atomic mass is 9.98. The summed E-state index contributed by atoms with van der Waals surface area (Å²) in [6.45, 7) is 2.07. The topological polar surface area (TPSA) is 58.1 Å². The largest absolute Gasteiger partial charge is 0.334 e. The molecule has 0 bridgehead atoms. The van der Waals surface area contributed by atoms with E-state index in [1.165, 1.54) is 17.8 Å². The van der Waals surface area contributed by atoms with Crippen LogP contribution in [0.25, 0.3) is 0 Å². The molecule has 2 fully saturated rings. The van der Waals surface area contributed by atoms with Crippen LogP contribution in [0.4, 0.5) is 4.79 Å². The molecule has 1 aliphatic heterocycles. The Hall–Kier alpha value is -1.66. The second-order valence-electron chi connectivity index (χ2n) is 6.80. The van der Waals surface area contributed by atoms with Gasteiger partial charge in [0.25, 0.3) is 0 Å². The summed E-state index contributed by atoms with van der Waals surface area (Å²) in [6.07, 6.45) is 4.46. The summed E-state index contributed by atoms with van der Waals surface area (Å²) in [7, 11) is 0. The highest BCUT2D eigenvalue weighted by Gasteiger charge is 2.30. The van der Waals surface area contributed by atoms with Crippen molar-refractivity contribution >= 4 is 29.0 Å². The summed E-state index contributed by atoms with van der Waals surface area (Å²) in [4.78, 5) is 14.2. The van der Waals surface area contributed by atoms with Crippen LogP contribution in [0.3, 0.4) is 0 Å². The molecule has 1 aliphatic carbocycles. The number of aromatic nitrogens is 2. The third-order valence-corrected chi connectivity index (χ3v) is 6.37. The lowest BCUT2D eigenvalue weighted by Crippen LogP contribution is -2.43. The van der Waals surface area contributed by atoms with Gasteiger partial charge < -0.3 is 10.2 Å². The van der Waals surface area contributed by atoms with Gasteiger partial charge in [0.1, 0.15) is 10.0 Å². The molecule has 5 nitrogen and oxygen atoms in total. The highest BCUT2D eigenvalue weighted by molar-refractivity contribution is 7.11. The van der Waals surface area contributed by atoms with Gasteiger partial charge in [0.05, 0.1) is 0 Å². The molecule has 7 heteroatoms. The first kappa shape index (κ1) is 16.8. The van der Waals surface area contributed by atoms with Gasteiger partial charge in [-0.25, -0.2) is 4.79 Å². The first-order valence-corrected chi connectivity index (χ1v) is 9.99. The van der Waals surface area contributed by atoms with Crippen LogP contribution >= 0.6 is 22.9 Å². The first-order chi connectivity index (χ1) is 12.2. The molecular weight excluding hydrogens is 356 g/mol. The number of hydrogen-bond donors (Lipinski definition) is 1. The van der Waals surface area contributed by atoms with Crippen molar-refractivity contribution in [1.82, 2.24) is 20.4 Å². The molecule has 2 heterocycles. The maximum atomic E-state index is 12.3. The number of rotatable bonds is 4. The van der Waals surface area contributed by atoms with E-state index >= 15 is 0 Å². The number of hydrogen-bond acceptors (Lipinski definition) is 4. The zero-order valence-electron chi connectivity index (χ0n) is 13.9. The highest BCUT2D eigenvalue weighted by atomic mass is 35.5. The summed E-state index contributed by atoms with van der Waals surface area (Å²) in [5.41, 5.74) is 1.05. The van der Waals surface area contributed by atoms with Gasteiger partial charge in [0.15, 0.2) is 0 Å². The molecule has 0 spiro atoms. The molecule has 2 amide bonds. The van der Waals surface area contributed by atoms with Crippen molar-refractivity contribution < 1.29 is 4.79 Å². The number of carbonyl (C=O) groups is 1. The third kappa shape index (κ3) is 4.12. The smallest absolute Gasteiger partial charge is 0.317 e. The van der Waals surface area contributed by atoms with Gasteiger partial charge in [-0.2, -0.15) is 0 Å². The van der Waals surface area contributed by atoms with Gasteiger partial charge in [0.2, 0.25) is 0 Å². The normalized spacial score (nSPS) is 18.4. The van der Waals surface area contributed by atoms with E-state index in [0.717, 1.165) is 36.5 Å². The number of halogens is 1. The van der Waals surface area contributed by atoms with Crippen LogP contribution in [0.5, 0.6) is 0 Å². The Kier molecular flexibility index (Phi) is 4.90. The number of carbonyl (C=O) groups excluding carboxylic acids is 1. The zero-order chi connectivity index (χ0) is 17.2. The monoisotopic (exact) mass is 376 g/mol. The van der Waals surface area contributed by atoms with E-state index in [-0.39, 0.29) is 6.03 Å². The van der Waals surface area contributed by atoms with Crippen LogP contribution in [0.15, 0.2) is 24.3 Å². The molecule has 132 valence electrons. The molecule has 2 aliphatic rings. The van der Waals surface area contributed by atoms with Gasteiger partial charge >= 0.3 is 6.03 Å². The van der Waals surface area contributed by atoms with Crippen LogP contribution in [0.1, 0.15) is 53.1 Å². The fraction of sp³-hybridized carbons (Fsp3) is 0.500. The van der Waals surface area contributed by atoms with Crippen LogP contribution in [0.2, 0.25) is 5.02 Å². The van der Waals surface area contributed by atoms with Crippen molar-refractivity contribution in [1.29, 1.82) is 0 Å². The van der Waals surface area contributed by atoms with Gasteiger partial charge in [-0.1, -0.05) is 23.7 Å². The van der Waals surface area contributed by atoms with Crippen molar-refractivity contribution in [2.75, 3.05) is 13.1 Å². The van der Waals surface area contributed by atoms with E-state index in [2.05, 4.69) is 15.5 Å². The summed E-state index contributed by atoms with van der Waals surface area (Å²) < 4.78 is 0. The predicted molar refractivity (Wildman–Crippen MR) is 99.1 cm³/mol. The maximum absolute atomic E-state index is 12.3. The Labute approximate surface area is 156 Å². The van der Waals surface area contributed by atoms with Gasteiger partial charge in [-0.05, 0) is 43.4 Å². The van der Waals surface area contributed by atoms with Crippen LogP contribution < -0.4 is 5.32 Å². The lowest BCUT2D eigenvalue weighted by molar-refractivity contribution is 0.181. The highest BCUT2D eigenvalue weighted by Crippen LogP contribution is 2.43. The first-order valence-electron chi connectivity index (χ1n) is 8.79. The average molecular weight is 377 g/mol. The molecule has 1 saturated heterocycles. The summed E-state index contributed by atoms with van der Waals surface area (Å²) in [6, 6.07) is 7.55. The van der Waals surface area contributed by atoms with E-state index in [4.69, 9.17) is 11.6 Å². The summed E-state index contributed by atoms with van der Waals surface area (Å²) >= 11 is 7.65. The third-order valence-electron chi connectivity index (χ3n) is 4.87. The molecule has 4 rings (SSSR count). The maximum Gasteiger partial charge on any atom is 0.317 e. The van der Waals surface area contributed by atoms with Gasteiger partial charge in [-0.15, -0.1) is 21.5 Å². The van der Waals surface area contributed by atoms with Crippen molar-refractivity contribution in [3.05, 3.63) is 44.9 Å². The average Bonchev–Trinajstić information content (AvgIpc) is 3.38. The molecule has 25 heavy (non-hydrogen) atoms. The minimum absolute atomic E-state index is 0.00401. The van der Waals surface area contributed by atoms with Crippen LogP contribution in [0, 0.1) is 0 Å². The number of likely N-dealkylation sites (tertiary alicyclic amines) is 1. The Morgan fingerprint density at radius 2 is 1.68 bits per heavy atom. The number of amides is 2. The van der Waals surface area contributed by atoms with Crippen molar-refractivity contribution in [2.24, 2.45) is 0 Å². The van der Waals surface area contributed by atoms with E-state index in [1.54, 1.807) is 11.3 Å². The zero-order valence-corrected chi connectivity index (χ0v) is 15.5. The predicted octanol–water partition coefficient (Wildman–Crippen LogP) is 4.16. The summed E-state index contributed by atoms with van der Waals surface area (Å²) in [5, 5.41) is 14.8. The fourth-order valence-electron chi connectivity index (χ4n) is 3.13. The Morgan fingerprint density at radius 1 is 1.08 bits per heavy atom. The van der Waals surface area contributed by atoms with E-state index < -0.39 is 0 Å². The van der Waals surface area contributed by atoms with Crippen molar-refractivity contribution in [2.45, 2.75) is 44.1 Å². The van der Waals surface area contributed by atoms with Crippen molar-refractivity contribution in [3.8, 4) is 0 Å². The van der Waals surface area contributed by atoms with Crippen molar-refractivity contribution in [3.63, 3.8) is 0 Å². The second-order valence-corrected chi connectivity index (χ2v) is 8.28. The molecule has 0 unspecified atom stereocenters. The molecular formula is C18H21ClN4OS. The molecule has 0 radical (unpaired) electrons. The van der Waals surface area contributed by atoms with Gasteiger partial charge in [-0.3, -0.25) is 0 Å². The molecule has 1 aromatic heterocycles. The molecule has 2 aromatic rings. The summed E-state index contributed by atoms with van der Waals surface area (Å²) in [5.74, 6) is 1.12. The van der Waals surface area contributed by atoms with Crippen LogP contribution in [-0.4, -0.2) is 34.2 Å². The minimum atomic E-state index is 0.00401. The molecule has 1 N–H and O–H groups in total. The second kappa shape index (κ2) is 7.30. The number of piperidine rings is 1. The lowest BCUT2D eigenvalue weighted by Gasteiger charge is -2.31. The van der Waals surface area contributed by atoms with Gasteiger partial charge in [0, 0.05) is 36.5 Å². The van der Waals surface area contributed by atoms with E-state index in [1.807, 2.05) is 29.2 Å². The molecule has 1 aromatic carbocycles. The molecule has 0 atom stereocenters.